The molecule has 0 bridgehead atoms. The molecule has 0 unspecified atom stereocenters. The van der Waals surface area contributed by atoms with Gasteiger partial charge in [-0.25, -0.2) is 4.68 Å². The second-order valence-corrected chi connectivity index (χ2v) is 4.98. The van der Waals surface area contributed by atoms with E-state index in [1.165, 1.54) is 0 Å². The lowest BCUT2D eigenvalue weighted by Crippen LogP contribution is -2.25. The van der Waals surface area contributed by atoms with Gasteiger partial charge in [-0.15, -0.1) is 0 Å². The first-order valence-electron chi connectivity index (χ1n) is 7.06. The molecule has 0 amide bonds. The van der Waals surface area contributed by atoms with E-state index in [1.54, 1.807) is 9.36 Å². The van der Waals surface area contributed by atoms with Crippen LogP contribution in [-0.2, 0) is 6.54 Å². The summed E-state index contributed by atoms with van der Waals surface area (Å²) in [4.78, 5) is 2.39. The monoisotopic (exact) mass is 291 g/mol. The van der Waals surface area contributed by atoms with Gasteiger partial charge in [-0.05, 0) is 60.8 Å². The smallest absolute Gasteiger partial charge is 0.220 e. The third-order valence-electron chi connectivity index (χ3n) is 3.38. The summed E-state index contributed by atoms with van der Waals surface area (Å²) >= 11 is 5.43. The first kappa shape index (κ1) is 14.9. The maximum absolute atomic E-state index is 5.43. The van der Waals surface area contributed by atoms with Crippen molar-refractivity contribution in [2.24, 2.45) is 0 Å². The molecule has 0 aliphatic heterocycles. The standard InChI is InChI=1S/C14H21N5S/c1-3-17(4-2)11-8-12-18-14(20)19(16-15-18)13-9-6-5-7-10-13/h5-7,9-10H,3-4,8,11-12H2,1-2H3. The van der Waals surface area contributed by atoms with Crippen LogP contribution in [0.5, 0.6) is 0 Å². The number of hydrogen-bond acceptors (Lipinski definition) is 4. The van der Waals surface area contributed by atoms with E-state index in [2.05, 4.69) is 29.2 Å². The third kappa shape index (κ3) is 3.52. The SMILES string of the molecule is CCN(CC)CCCn1nnn(-c2ccccc2)c1=S. The van der Waals surface area contributed by atoms with Gasteiger partial charge in [0.2, 0.25) is 4.77 Å². The highest BCUT2D eigenvalue weighted by Crippen LogP contribution is 2.06. The predicted molar refractivity (Wildman–Crippen MR) is 82.6 cm³/mol. The van der Waals surface area contributed by atoms with Crippen LogP contribution in [0, 0.1) is 4.77 Å². The molecule has 0 aliphatic rings. The lowest BCUT2D eigenvalue weighted by atomic mass is 10.3. The molecule has 2 rings (SSSR count). The average Bonchev–Trinajstić information content (AvgIpc) is 2.86. The number of nitrogens with zero attached hydrogens (tertiary/aromatic N) is 5. The van der Waals surface area contributed by atoms with Crippen LogP contribution in [0.2, 0.25) is 0 Å². The largest absolute Gasteiger partial charge is 0.304 e. The normalized spacial score (nSPS) is 11.2. The maximum atomic E-state index is 5.43. The minimum Gasteiger partial charge on any atom is -0.304 e. The first-order valence-corrected chi connectivity index (χ1v) is 7.47. The van der Waals surface area contributed by atoms with Gasteiger partial charge in [0.1, 0.15) is 0 Å². The second kappa shape index (κ2) is 7.31. The third-order valence-corrected chi connectivity index (χ3v) is 3.76. The van der Waals surface area contributed by atoms with Crippen molar-refractivity contribution in [3.8, 4) is 5.69 Å². The molecule has 20 heavy (non-hydrogen) atoms. The van der Waals surface area contributed by atoms with E-state index >= 15 is 0 Å². The molecule has 0 N–H and O–H groups in total. The zero-order chi connectivity index (χ0) is 14.4. The van der Waals surface area contributed by atoms with Gasteiger partial charge in [0.05, 0.1) is 5.69 Å². The molecule has 1 aromatic carbocycles. The van der Waals surface area contributed by atoms with Crippen LogP contribution >= 0.6 is 12.2 Å². The second-order valence-electron chi connectivity index (χ2n) is 4.61. The molecule has 1 aromatic heterocycles. The van der Waals surface area contributed by atoms with Crippen molar-refractivity contribution >= 4 is 12.2 Å². The number of tetrazole rings is 1. The molecule has 0 radical (unpaired) electrons. The van der Waals surface area contributed by atoms with Gasteiger partial charge in [-0.3, -0.25) is 0 Å². The van der Waals surface area contributed by atoms with Gasteiger partial charge in [-0.2, -0.15) is 4.68 Å². The van der Waals surface area contributed by atoms with Crippen molar-refractivity contribution < 1.29 is 0 Å². The van der Waals surface area contributed by atoms with Crippen molar-refractivity contribution in [1.82, 2.24) is 24.7 Å². The maximum Gasteiger partial charge on any atom is 0.220 e. The van der Waals surface area contributed by atoms with Gasteiger partial charge < -0.3 is 4.90 Å². The number of hydrogen-bond donors (Lipinski definition) is 0. The number of aryl methyl sites for hydroxylation is 1. The lowest BCUT2D eigenvalue weighted by molar-refractivity contribution is 0.290. The average molecular weight is 291 g/mol. The van der Waals surface area contributed by atoms with Crippen LogP contribution in [0.25, 0.3) is 5.69 Å². The van der Waals surface area contributed by atoms with Gasteiger partial charge in [0, 0.05) is 6.54 Å². The van der Waals surface area contributed by atoms with Crippen LogP contribution in [0.4, 0.5) is 0 Å². The van der Waals surface area contributed by atoms with Gasteiger partial charge in [0.15, 0.2) is 0 Å². The quantitative estimate of drug-likeness (QED) is 0.735. The van der Waals surface area contributed by atoms with Crippen molar-refractivity contribution in [3.63, 3.8) is 0 Å². The summed E-state index contributed by atoms with van der Waals surface area (Å²) < 4.78 is 4.15. The van der Waals surface area contributed by atoms with Gasteiger partial charge in [-0.1, -0.05) is 32.0 Å². The molecule has 5 nitrogen and oxygen atoms in total. The van der Waals surface area contributed by atoms with Crippen molar-refractivity contribution in [2.75, 3.05) is 19.6 Å². The zero-order valence-corrected chi connectivity index (χ0v) is 12.9. The Hall–Kier alpha value is -1.53. The molecule has 6 heteroatoms. The zero-order valence-electron chi connectivity index (χ0n) is 12.1. The van der Waals surface area contributed by atoms with E-state index in [-0.39, 0.29) is 0 Å². The minimum absolute atomic E-state index is 0.649. The molecule has 2 aromatic rings. The summed E-state index contributed by atoms with van der Waals surface area (Å²) in [5.74, 6) is 0. The molecule has 0 spiro atoms. The van der Waals surface area contributed by atoms with Gasteiger partial charge in [0.25, 0.3) is 0 Å². The fraction of sp³-hybridized carbons (Fsp3) is 0.500. The summed E-state index contributed by atoms with van der Waals surface area (Å²) in [6.45, 7) is 8.40. The van der Waals surface area contributed by atoms with Crippen molar-refractivity contribution in [3.05, 3.63) is 35.1 Å². The molecular formula is C14H21N5S. The first-order chi connectivity index (χ1) is 9.76. The number of benzene rings is 1. The van der Waals surface area contributed by atoms with E-state index < -0.39 is 0 Å². The molecule has 0 saturated carbocycles. The summed E-state index contributed by atoms with van der Waals surface area (Å²) in [5.41, 5.74) is 0.951. The number of rotatable bonds is 7. The summed E-state index contributed by atoms with van der Waals surface area (Å²) in [6, 6.07) is 9.87. The lowest BCUT2D eigenvalue weighted by Gasteiger charge is -2.17. The Morgan fingerprint density at radius 1 is 1.10 bits per heavy atom. The minimum atomic E-state index is 0.649. The molecule has 108 valence electrons. The van der Waals surface area contributed by atoms with Crippen LogP contribution in [0.15, 0.2) is 30.3 Å². The molecule has 0 fully saturated rings. The summed E-state index contributed by atoms with van der Waals surface area (Å²) in [6.07, 6.45) is 1.03. The number of aromatic nitrogens is 4. The molecule has 0 saturated heterocycles. The van der Waals surface area contributed by atoms with Crippen LogP contribution in [-0.4, -0.2) is 44.3 Å². The topological polar surface area (TPSA) is 38.9 Å². The highest BCUT2D eigenvalue weighted by atomic mass is 32.1. The fourth-order valence-electron chi connectivity index (χ4n) is 2.13. The highest BCUT2D eigenvalue weighted by molar-refractivity contribution is 7.71. The van der Waals surface area contributed by atoms with E-state index in [1.807, 2.05) is 30.3 Å². The molecule has 1 heterocycles. The van der Waals surface area contributed by atoms with E-state index in [0.29, 0.717) is 4.77 Å². The molecule has 0 atom stereocenters. The van der Waals surface area contributed by atoms with Crippen LogP contribution < -0.4 is 0 Å². The predicted octanol–water partition coefficient (Wildman–Crippen LogP) is 2.53. The summed E-state index contributed by atoms with van der Waals surface area (Å²) in [5, 5.41) is 8.28. The Balaban J connectivity index is 2.01. The van der Waals surface area contributed by atoms with E-state index in [4.69, 9.17) is 12.2 Å². The van der Waals surface area contributed by atoms with E-state index in [0.717, 1.165) is 38.3 Å². The molecule has 0 aliphatic carbocycles. The van der Waals surface area contributed by atoms with Crippen LogP contribution in [0.1, 0.15) is 20.3 Å². The summed E-state index contributed by atoms with van der Waals surface area (Å²) in [7, 11) is 0. The Morgan fingerprint density at radius 2 is 1.80 bits per heavy atom. The Labute approximate surface area is 124 Å². The van der Waals surface area contributed by atoms with Crippen molar-refractivity contribution in [2.45, 2.75) is 26.8 Å². The molecular weight excluding hydrogens is 270 g/mol. The van der Waals surface area contributed by atoms with Gasteiger partial charge >= 0.3 is 0 Å². The highest BCUT2D eigenvalue weighted by Gasteiger charge is 2.05. The van der Waals surface area contributed by atoms with Crippen LogP contribution in [0.3, 0.4) is 0 Å². The van der Waals surface area contributed by atoms with E-state index in [9.17, 15) is 0 Å². The Bertz CT molecular complexity index is 571. The Morgan fingerprint density at radius 3 is 2.45 bits per heavy atom. The number of para-hydroxylation sites is 1. The fourth-order valence-corrected chi connectivity index (χ4v) is 2.40. The Kier molecular flexibility index (Phi) is 5.43. The van der Waals surface area contributed by atoms with Crippen molar-refractivity contribution in [1.29, 1.82) is 0 Å².